The van der Waals surface area contributed by atoms with Crippen LogP contribution in [0, 0.1) is 0 Å². The average molecular weight is 748 g/mol. The standard InChI is InChI=1S/C55H45N3/c1-53(2)46-16-10-7-13-38(46)41-22-19-34(29-49(41)53)44-32-57-33-45(35-20-23-42-39-14-8-11-17-47(39)54(3,4)50(42)30-35)52(44)58(36-25-27-56-28-26-36)37-21-24-43-40-15-9-12-18-48(40)55(5,6)51(43)31-37/h7-33H,1-6H3. The summed E-state index contributed by atoms with van der Waals surface area (Å²) in [5, 5.41) is 0. The monoisotopic (exact) mass is 747 g/mol. The molecular weight excluding hydrogens is 703 g/mol. The van der Waals surface area contributed by atoms with E-state index >= 15 is 0 Å². The maximum absolute atomic E-state index is 5.08. The molecule has 0 radical (unpaired) electrons. The Bertz CT molecular complexity index is 2860. The van der Waals surface area contributed by atoms with Gasteiger partial charge in [-0.05, 0) is 114 Å². The van der Waals surface area contributed by atoms with E-state index in [0.29, 0.717) is 0 Å². The molecule has 3 heteroatoms. The van der Waals surface area contributed by atoms with Gasteiger partial charge in [0.15, 0.2) is 0 Å². The molecule has 2 heterocycles. The van der Waals surface area contributed by atoms with Gasteiger partial charge >= 0.3 is 0 Å². The molecule has 3 nitrogen and oxygen atoms in total. The molecule has 0 unspecified atom stereocenters. The molecule has 0 aliphatic heterocycles. The number of hydrogen-bond acceptors (Lipinski definition) is 3. The van der Waals surface area contributed by atoms with Crippen LogP contribution in [0.4, 0.5) is 17.1 Å². The second-order valence-corrected chi connectivity index (χ2v) is 17.9. The third kappa shape index (κ3) is 4.80. The highest BCUT2D eigenvalue weighted by molar-refractivity contribution is 5.99. The summed E-state index contributed by atoms with van der Waals surface area (Å²) < 4.78 is 0. The lowest BCUT2D eigenvalue weighted by Gasteiger charge is -2.32. The van der Waals surface area contributed by atoms with E-state index in [1.807, 2.05) is 12.4 Å². The molecule has 280 valence electrons. The van der Waals surface area contributed by atoms with E-state index in [-0.39, 0.29) is 16.2 Å². The van der Waals surface area contributed by atoms with Crippen molar-refractivity contribution in [3.8, 4) is 55.6 Å². The van der Waals surface area contributed by atoms with Gasteiger partial charge in [0, 0.05) is 63.5 Å². The molecule has 6 aromatic carbocycles. The summed E-state index contributed by atoms with van der Waals surface area (Å²) in [5.41, 5.74) is 23.2. The second-order valence-electron chi connectivity index (χ2n) is 17.9. The lowest BCUT2D eigenvalue weighted by atomic mass is 9.81. The second kappa shape index (κ2) is 12.2. The van der Waals surface area contributed by atoms with Crippen molar-refractivity contribution in [2.75, 3.05) is 4.90 Å². The Balaban J connectivity index is 1.18. The van der Waals surface area contributed by atoms with E-state index < -0.39 is 0 Å². The van der Waals surface area contributed by atoms with Crippen molar-refractivity contribution in [3.05, 3.63) is 198 Å². The quantitative estimate of drug-likeness (QED) is 0.176. The summed E-state index contributed by atoms with van der Waals surface area (Å²) in [5.74, 6) is 0. The first-order valence-corrected chi connectivity index (χ1v) is 20.5. The maximum atomic E-state index is 5.08. The number of anilines is 3. The fourth-order valence-electron chi connectivity index (χ4n) is 10.6. The predicted molar refractivity (Wildman–Crippen MR) is 240 cm³/mol. The molecule has 8 aromatic rings. The van der Waals surface area contributed by atoms with Crippen LogP contribution < -0.4 is 4.90 Å². The number of hydrogen-bond donors (Lipinski definition) is 0. The molecule has 0 saturated carbocycles. The zero-order valence-electron chi connectivity index (χ0n) is 33.9. The highest BCUT2D eigenvalue weighted by atomic mass is 15.2. The minimum absolute atomic E-state index is 0.140. The minimum atomic E-state index is -0.156. The summed E-state index contributed by atoms with van der Waals surface area (Å²) >= 11 is 0. The van der Waals surface area contributed by atoms with Gasteiger partial charge in [-0.25, -0.2) is 0 Å². The van der Waals surface area contributed by atoms with Gasteiger partial charge in [-0.3, -0.25) is 9.97 Å². The van der Waals surface area contributed by atoms with Gasteiger partial charge in [-0.15, -0.1) is 0 Å². The van der Waals surface area contributed by atoms with E-state index in [1.54, 1.807) is 0 Å². The molecule has 0 amide bonds. The van der Waals surface area contributed by atoms with Crippen LogP contribution in [0.3, 0.4) is 0 Å². The first kappa shape index (κ1) is 34.7. The zero-order valence-corrected chi connectivity index (χ0v) is 33.9. The summed E-state index contributed by atoms with van der Waals surface area (Å²) in [6, 6.07) is 52.1. The van der Waals surface area contributed by atoms with Gasteiger partial charge in [0.25, 0.3) is 0 Å². The van der Waals surface area contributed by atoms with E-state index in [0.717, 1.165) is 39.3 Å². The van der Waals surface area contributed by atoms with E-state index in [4.69, 9.17) is 4.98 Å². The smallest absolute Gasteiger partial charge is 0.0649 e. The topological polar surface area (TPSA) is 29.0 Å². The maximum Gasteiger partial charge on any atom is 0.0649 e. The van der Waals surface area contributed by atoms with Gasteiger partial charge in [0.05, 0.1) is 5.69 Å². The number of fused-ring (bicyclic) bond motifs is 9. The zero-order chi connectivity index (χ0) is 39.6. The first-order valence-electron chi connectivity index (χ1n) is 20.5. The fourth-order valence-corrected chi connectivity index (χ4v) is 10.6. The van der Waals surface area contributed by atoms with Crippen LogP contribution in [-0.2, 0) is 16.2 Å². The number of benzene rings is 6. The molecule has 2 aromatic heterocycles. The largest absolute Gasteiger partial charge is 0.309 e. The van der Waals surface area contributed by atoms with Crippen molar-refractivity contribution in [2.24, 2.45) is 0 Å². The Hall–Kier alpha value is -6.58. The molecule has 58 heavy (non-hydrogen) atoms. The molecule has 11 rings (SSSR count). The van der Waals surface area contributed by atoms with Crippen LogP contribution in [0.5, 0.6) is 0 Å². The van der Waals surface area contributed by atoms with Gasteiger partial charge in [0.2, 0.25) is 0 Å². The molecule has 0 N–H and O–H groups in total. The van der Waals surface area contributed by atoms with E-state index in [1.165, 1.54) is 66.8 Å². The van der Waals surface area contributed by atoms with Crippen LogP contribution in [0.1, 0.15) is 74.9 Å². The third-order valence-corrected chi connectivity index (χ3v) is 13.7. The SMILES string of the molecule is CC1(C)c2ccccc2-c2ccc(-c3cncc(-c4ccc5c(c4)C(C)(C)c4ccccc4-5)c3N(c3ccncc3)c3ccc4c(c3)C(C)(C)c3ccccc3-4)cc21. The van der Waals surface area contributed by atoms with Gasteiger partial charge in [0.1, 0.15) is 0 Å². The Labute approximate surface area is 341 Å². The number of aromatic nitrogens is 2. The summed E-state index contributed by atoms with van der Waals surface area (Å²) in [4.78, 5) is 12.0. The molecular formula is C55H45N3. The lowest BCUT2D eigenvalue weighted by Crippen LogP contribution is -2.18. The number of nitrogens with zero attached hydrogens (tertiary/aromatic N) is 3. The highest BCUT2D eigenvalue weighted by Gasteiger charge is 2.39. The summed E-state index contributed by atoms with van der Waals surface area (Å²) in [6.45, 7) is 14.1. The van der Waals surface area contributed by atoms with Crippen LogP contribution >= 0.6 is 0 Å². The van der Waals surface area contributed by atoms with Gasteiger partial charge in [-0.1, -0.05) is 145 Å². The van der Waals surface area contributed by atoms with Crippen LogP contribution in [0.2, 0.25) is 0 Å². The highest BCUT2D eigenvalue weighted by Crippen LogP contribution is 2.55. The Morgan fingerprint density at radius 2 is 0.741 bits per heavy atom. The molecule has 0 bridgehead atoms. The lowest BCUT2D eigenvalue weighted by molar-refractivity contribution is 0.660. The van der Waals surface area contributed by atoms with Crippen LogP contribution in [0.25, 0.3) is 55.6 Å². The van der Waals surface area contributed by atoms with Crippen molar-refractivity contribution < 1.29 is 0 Å². The normalized spacial score (nSPS) is 15.5. The van der Waals surface area contributed by atoms with Gasteiger partial charge < -0.3 is 4.90 Å². The minimum Gasteiger partial charge on any atom is -0.309 e. The van der Waals surface area contributed by atoms with Gasteiger partial charge in [-0.2, -0.15) is 0 Å². The third-order valence-electron chi connectivity index (χ3n) is 13.7. The van der Waals surface area contributed by atoms with Crippen molar-refractivity contribution in [1.29, 1.82) is 0 Å². The Morgan fingerprint density at radius 1 is 0.345 bits per heavy atom. The molecule has 0 spiro atoms. The Kier molecular flexibility index (Phi) is 7.30. The molecule has 0 saturated heterocycles. The first-order chi connectivity index (χ1) is 28.0. The predicted octanol–water partition coefficient (Wildman–Crippen LogP) is 14.2. The molecule has 0 atom stereocenters. The van der Waals surface area contributed by atoms with Crippen LogP contribution in [0.15, 0.2) is 164 Å². The Morgan fingerprint density at radius 3 is 1.21 bits per heavy atom. The van der Waals surface area contributed by atoms with E-state index in [9.17, 15) is 0 Å². The number of pyridine rings is 2. The van der Waals surface area contributed by atoms with Crippen molar-refractivity contribution in [2.45, 2.75) is 57.8 Å². The summed E-state index contributed by atoms with van der Waals surface area (Å²) in [6.07, 6.45) is 7.95. The molecule has 3 aliphatic carbocycles. The molecule has 3 aliphatic rings. The average Bonchev–Trinajstić information content (AvgIpc) is 3.73. The van der Waals surface area contributed by atoms with E-state index in [2.05, 4.69) is 203 Å². The van der Waals surface area contributed by atoms with Crippen LogP contribution in [-0.4, -0.2) is 9.97 Å². The fraction of sp³-hybridized carbons (Fsp3) is 0.164. The van der Waals surface area contributed by atoms with Crippen molar-refractivity contribution in [1.82, 2.24) is 9.97 Å². The summed E-state index contributed by atoms with van der Waals surface area (Å²) in [7, 11) is 0. The molecule has 0 fully saturated rings. The van der Waals surface area contributed by atoms with Crippen molar-refractivity contribution in [3.63, 3.8) is 0 Å². The number of rotatable bonds is 5. The van der Waals surface area contributed by atoms with Crippen molar-refractivity contribution >= 4 is 17.1 Å².